The standard InChI is InChI=1S/C25H36N4O4S2/c1-15(2)4-9-22(31)28-20(13-34)25(33)29-12-19(30)10-21(29)24(32)26-11-17-5-7-18(8-6-17)23-16(3)27-14-35-23/h5-8,14-15,19-22,28,30-31,34H,4,9-13H2,1-3H3,(H,26,32)/t19-,20+,21+,22?/m1/s1. The quantitative estimate of drug-likeness (QED) is 0.230. The lowest BCUT2D eigenvalue weighted by Crippen LogP contribution is -2.55. The molecule has 1 aliphatic rings. The van der Waals surface area contributed by atoms with E-state index in [-0.39, 0.29) is 30.5 Å². The number of aromatic nitrogens is 1. The average Bonchev–Trinajstić information content (AvgIpc) is 3.45. The molecule has 0 bridgehead atoms. The first-order chi connectivity index (χ1) is 16.7. The Morgan fingerprint density at radius 1 is 1.26 bits per heavy atom. The third kappa shape index (κ3) is 7.50. The van der Waals surface area contributed by atoms with Crippen molar-refractivity contribution >= 4 is 35.8 Å². The first kappa shape index (κ1) is 27.6. The van der Waals surface area contributed by atoms with Gasteiger partial charge in [-0.3, -0.25) is 14.9 Å². The van der Waals surface area contributed by atoms with Crippen molar-refractivity contribution in [1.29, 1.82) is 0 Å². The largest absolute Gasteiger partial charge is 0.391 e. The van der Waals surface area contributed by atoms with Crippen molar-refractivity contribution in [3.63, 3.8) is 0 Å². The Kier molecular flexibility index (Phi) is 10.1. The van der Waals surface area contributed by atoms with Gasteiger partial charge in [-0.1, -0.05) is 38.1 Å². The summed E-state index contributed by atoms with van der Waals surface area (Å²) in [5, 5.41) is 26.3. The maximum absolute atomic E-state index is 13.2. The summed E-state index contributed by atoms with van der Waals surface area (Å²) in [7, 11) is 0. The van der Waals surface area contributed by atoms with Crippen molar-refractivity contribution in [2.45, 2.75) is 71.0 Å². The molecule has 4 N–H and O–H groups in total. The Bertz CT molecular complexity index is 982. The van der Waals surface area contributed by atoms with Crippen LogP contribution in [0.2, 0.25) is 0 Å². The summed E-state index contributed by atoms with van der Waals surface area (Å²) < 4.78 is 0. The highest BCUT2D eigenvalue weighted by atomic mass is 32.1. The summed E-state index contributed by atoms with van der Waals surface area (Å²) in [6, 6.07) is 6.41. The van der Waals surface area contributed by atoms with Gasteiger partial charge in [-0.05, 0) is 36.8 Å². The Morgan fingerprint density at radius 3 is 2.57 bits per heavy atom. The highest BCUT2D eigenvalue weighted by Crippen LogP contribution is 2.27. The van der Waals surface area contributed by atoms with Gasteiger partial charge in [-0.15, -0.1) is 11.3 Å². The zero-order chi connectivity index (χ0) is 25.5. The molecule has 8 nitrogen and oxygen atoms in total. The van der Waals surface area contributed by atoms with E-state index < -0.39 is 24.4 Å². The van der Waals surface area contributed by atoms with E-state index in [0.717, 1.165) is 28.1 Å². The molecule has 1 aliphatic heterocycles. The Morgan fingerprint density at radius 2 is 1.97 bits per heavy atom. The van der Waals surface area contributed by atoms with Gasteiger partial charge >= 0.3 is 0 Å². The molecule has 1 unspecified atom stereocenters. The molecule has 1 saturated heterocycles. The van der Waals surface area contributed by atoms with E-state index in [0.29, 0.717) is 18.9 Å². The number of aliphatic hydroxyl groups excluding tert-OH is 2. The molecule has 10 heteroatoms. The lowest BCUT2D eigenvalue weighted by Gasteiger charge is -2.29. The SMILES string of the molecule is Cc1ncsc1-c1ccc(CNC(=O)[C@@H]2C[C@@H](O)CN2C(=O)[C@H](CS)NC(O)CCC(C)C)cc1. The summed E-state index contributed by atoms with van der Waals surface area (Å²) in [5.74, 6) is -0.0454. The van der Waals surface area contributed by atoms with Gasteiger partial charge < -0.3 is 20.4 Å². The molecule has 1 aromatic carbocycles. The van der Waals surface area contributed by atoms with E-state index in [1.54, 1.807) is 11.3 Å². The Balaban J connectivity index is 1.58. The predicted molar refractivity (Wildman–Crippen MR) is 141 cm³/mol. The number of amides is 2. The summed E-state index contributed by atoms with van der Waals surface area (Å²) in [6.45, 7) is 6.51. The number of nitrogens with one attached hydrogen (secondary N) is 2. The first-order valence-electron chi connectivity index (χ1n) is 12.0. The third-order valence-electron chi connectivity index (χ3n) is 6.18. The van der Waals surface area contributed by atoms with Gasteiger partial charge in [0.2, 0.25) is 11.8 Å². The molecule has 1 aromatic heterocycles. The maximum Gasteiger partial charge on any atom is 0.243 e. The van der Waals surface area contributed by atoms with Crippen molar-refractivity contribution in [2.24, 2.45) is 5.92 Å². The lowest BCUT2D eigenvalue weighted by atomic mass is 10.1. The molecule has 1 fully saturated rings. The summed E-state index contributed by atoms with van der Waals surface area (Å²) in [4.78, 5) is 33.0. The van der Waals surface area contributed by atoms with E-state index in [4.69, 9.17) is 0 Å². The third-order valence-corrected chi connectivity index (χ3v) is 7.53. The van der Waals surface area contributed by atoms with Gasteiger partial charge in [-0.25, -0.2) is 4.98 Å². The van der Waals surface area contributed by atoms with Crippen LogP contribution in [0.4, 0.5) is 0 Å². The molecule has 35 heavy (non-hydrogen) atoms. The number of hydrogen-bond acceptors (Lipinski definition) is 8. The van der Waals surface area contributed by atoms with Gasteiger partial charge in [0.25, 0.3) is 0 Å². The number of likely N-dealkylation sites (tertiary alicyclic amines) is 1. The second kappa shape index (κ2) is 12.8. The molecule has 0 spiro atoms. The van der Waals surface area contributed by atoms with Gasteiger partial charge in [0.1, 0.15) is 12.3 Å². The van der Waals surface area contributed by atoms with Gasteiger partial charge in [-0.2, -0.15) is 12.6 Å². The minimum absolute atomic E-state index is 0.0772. The number of rotatable bonds is 11. The number of aliphatic hydroxyl groups is 2. The normalized spacial score (nSPS) is 19.7. The fourth-order valence-corrected chi connectivity index (χ4v) is 5.25. The molecular weight excluding hydrogens is 484 g/mol. The van der Waals surface area contributed by atoms with Gasteiger partial charge in [0.15, 0.2) is 0 Å². The fraction of sp³-hybridized carbons (Fsp3) is 0.560. The zero-order valence-corrected chi connectivity index (χ0v) is 22.2. The van der Waals surface area contributed by atoms with Crippen LogP contribution in [0.1, 0.15) is 44.4 Å². The van der Waals surface area contributed by atoms with Crippen molar-refractivity contribution in [2.75, 3.05) is 12.3 Å². The van der Waals surface area contributed by atoms with Crippen LogP contribution < -0.4 is 10.6 Å². The molecule has 2 aromatic rings. The average molecular weight is 521 g/mol. The highest BCUT2D eigenvalue weighted by molar-refractivity contribution is 7.80. The van der Waals surface area contributed by atoms with Crippen molar-refractivity contribution in [3.8, 4) is 10.4 Å². The lowest BCUT2D eigenvalue weighted by molar-refractivity contribution is -0.140. The molecule has 4 atom stereocenters. The minimum Gasteiger partial charge on any atom is -0.391 e. The van der Waals surface area contributed by atoms with Crippen LogP contribution in [0.15, 0.2) is 29.8 Å². The number of aryl methyl sites for hydroxylation is 1. The number of thiazole rings is 1. The second-order valence-electron chi connectivity index (χ2n) is 9.47. The summed E-state index contributed by atoms with van der Waals surface area (Å²) in [5.41, 5.74) is 4.82. The molecule has 2 amide bonds. The van der Waals surface area contributed by atoms with E-state index in [9.17, 15) is 19.8 Å². The monoisotopic (exact) mass is 520 g/mol. The molecule has 0 saturated carbocycles. The fourth-order valence-electron chi connectivity index (χ4n) is 4.17. The number of nitrogens with zero attached hydrogens (tertiary/aromatic N) is 2. The molecular formula is C25H36N4O4S2. The van der Waals surface area contributed by atoms with E-state index >= 15 is 0 Å². The minimum atomic E-state index is -0.838. The zero-order valence-electron chi connectivity index (χ0n) is 20.5. The number of hydrogen-bond donors (Lipinski definition) is 5. The summed E-state index contributed by atoms with van der Waals surface area (Å²) in [6.07, 6.45) is -0.0996. The van der Waals surface area contributed by atoms with Crippen LogP contribution in [0.25, 0.3) is 10.4 Å². The van der Waals surface area contributed by atoms with E-state index in [2.05, 4.69) is 42.1 Å². The van der Waals surface area contributed by atoms with Crippen LogP contribution in [0.3, 0.4) is 0 Å². The number of thiol groups is 1. The Hall–Kier alpha value is -1.98. The smallest absolute Gasteiger partial charge is 0.243 e. The Labute approximate surface area is 216 Å². The first-order valence-corrected chi connectivity index (χ1v) is 13.5. The van der Waals surface area contributed by atoms with Crippen molar-refractivity contribution in [1.82, 2.24) is 20.5 Å². The summed E-state index contributed by atoms with van der Waals surface area (Å²) >= 11 is 5.86. The maximum atomic E-state index is 13.2. The molecule has 3 rings (SSSR count). The number of carbonyl (C=O) groups excluding carboxylic acids is 2. The van der Waals surface area contributed by atoms with Gasteiger partial charge in [0, 0.05) is 25.3 Å². The predicted octanol–water partition coefficient (Wildman–Crippen LogP) is 2.34. The van der Waals surface area contributed by atoms with E-state index in [1.165, 1.54) is 4.90 Å². The van der Waals surface area contributed by atoms with Gasteiger partial charge in [0.05, 0.1) is 28.2 Å². The topological polar surface area (TPSA) is 115 Å². The van der Waals surface area contributed by atoms with Crippen molar-refractivity contribution in [3.05, 3.63) is 41.0 Å². The second-order valence-corrected chi connectivity index (χ2v) is 10.7. The number of carbonyl (C=O) groups is 2. The van der Waals surface area contributed by atoms with Crippen LogP contribution in [0, 0.1) is 12.8 Å². The molecule has 0 aliphatic carbocycles. The van der Waals surface area contributed by atoms with Crippen molar-refractivity contribution < 1.29 is 19.8 Å². The number of benzene rings is 1. The molecule has 0 radical (unpaired) electrons. The molecule has 192 valence electrons. The van der Waals surface area contributed by atoms with Crippen LogP contribution in [0.5, 0.6) is 0 Å². The number of β-amino-alcohol motifs (C(OH)–C–C–N with tert-alkyl or cyclic N) is 1. The highest BCUT2D eigenvalue weighted by Gasteiger charge is 2.41. The van der Waals surface area contributed by atoms with Crippen LogP contribution in [-0.2, 0) is 16.1 Å². The van der Waals surface area contributed by atoms with Crippen LogP contribution >= 0.6 is 24.0 Å². The van der Waals surface area contributed by atoms with E-state index in [1.807, 2.05) is 36.7 Å². The van der Waals surface area contributed by atoms with Crippen LogP contribution in [-0.4, -0.2) is 68.6 Å². The molecule has 2 heterocycles.